The molecule has 0 unspecified atom stereocenters. The Morgan fingerprint density at radius 1 is 1.13 bits per heavy atom. The van der Waals surface area contributed by atoms with E-state index in [9.17, 15) is 9.18 Å². The summed E-state index contributed by atoms with van der Waals surface area (Å²) in [4.78, 5) is 12.6. The summed E-state index contributed by atoms with van der Waals surface area (Å²) in [6, 6.07) is 13.9. The topological polar surface area (TPSA) is 38.3 Å². The van der Waals surface area contributed by atoms with Crippen molar-refractivity contribution in [3.63, 3.8) is 0 Å². The normalized spacial score (nSPS) is 16.8. The molecule has 1 heterocycles. The van der Waals surface area contributed by atoms with Crippen LogP contribution in [0.15, 0.2) is 53.0 Å². The molecule has 3 nitrogen and oxygen atoms in total. The molecule has 0 bridgehead atoms. The van der Waals surface area contributed by atoms with E-state index >= 15 is 0 Å². The molecule has 1 fully saturated rings. The summed E-state index contributed by atoms with van der Waals surface area (Å²) in [5.41, 5.74) is 0.523. The van der Waals surface area contributed by atoms with Crippen LogP contribution in [0.4, 0.5) is 4.39 Å². The molecule has 0 radical (unpaired) electrons. The molecule has 2 aromatic rings. The van der Waals surface area contributed by atoms with Crippen molar-refractivity contribution < 1.29 is 13.9 Å². The largest absolute Gasteiger partial charge is 0.381 e. The minimum Gasteiger partial charge on any atom is -0.381 e. The van der Waals surface area contributed by atoms with Gasteiger partial charge < -0.3 is 10.1 Å². The third-order valence-corrected chi connectivity index (χ3v) is 4.69. The first-order valence-electron chi connectivity index (χ1n) is 7.52. The molecular weight excluding hydrogens is 361 g/mol. The Hall–Kier alpha value is -1.72. The zero-order valence-electron chi connectivity index (χ0n) is 12.5. The first-order chi connectivity index (χ1) is 11.1. The van der Waals surface area contributed by atoms with Gasteiger partial charge in [0.1, 0.15) is 5.82 Å². The number of benzene rings is 2. The highest BCUT2D eigenvalue weighted by atomic mass is 79.9. The lowest BCUT2D eigenvalue weighted by atomic mass is 9.82. The molecule has 2 aromatic carbocycles. The van der Waals surface area contributed by atoms with Gasteiger partial charge in [0.05, 0.1) is 11.1 Å². The molecule has 1 aliphatic rings. The van der Waals surface area contributed by atoms with Gasteiger partial charge in [-0.2, -0.15) is 0 Å². The quantitative estimate of drug-likeness (QED) is 0.876. The molecule has 1 amide bonds. The van der Waals surface area contributed by atoms with Crippen LogP contribution in [0, 0.1) is 5.82 Å². The Morgan fingerprint density at radius 2 is 1.87 bits per heavy atom. The highest BCUT2D eigenvalue weighted by molar-refractivity contribution is 9.10. The number of hydrogen-bond donors (Lipinski definition) is 1. The third kappa shape index (κ3) is 3.46. The second kappa shape index (κ2) is 6.81. The number of carbonyl (C=O) groups excluding carboxylic acids is 1. The highest BCUT2D eigenvalue weighted by Gasteiger charge is 2.36. The van der Waals surface area contributed by atoms with E-state index in [0.717, 1.165) is 10.0 Å². The summed E-state index contributed by atoms with van der Waals surface area (Å²) in [5, 5.41) is 3.05. The number of carbonyl (C=O) groups is 1. The summed E-state index contributed by atoms with van der Waals surface area (Å²) in [7, 11) is 0. The predicted octanol–water partition coefficient (Wildman–Crippen LogP) is 4.02. The average Bonchev–Trinajstić information content (AvgIpc) is 2.56. The van der Waals surface area contributed by atoms with Crippen LogP contribution in [0.2, 0.25) is 0 Å². The van der Waals surface area contributed by atoms with Gasteiger partial charge in [-0.1, -0.05) is 40.2 Å². The molecule has 1 saturated heterocycles. The van der Waals surface area contributed by atoms with Crippen molar-refractivity contribution in [2.45, 2.75) is 18.4 Å². The molecule has 23 heavy (non-hydrogen) atoms. The molecular formula is C18H17BrFNO2. The molecule has 1 N–H and O–H groups in total. The van der Waals surface area contributed by atoms with Gasteiger partial charge >= 0.3 is 0 Å². The van der Waals surface area contributed by atoms with Crippen LogP contribution in [0.3, 0.4) is 0 Å². The van der Waals surface area contributed by atoms with Crippen molar-refractivity contribution >= 4 is 21.8 Å². The first kappa shape index (κ1) is 16.1. The van der Waals surface area contributed by atoms with Crippen LogP contribution in [0.1, 0.15) is 28.8 Å². The number of nitrogens with one attached hydrogen (secondary N) is 1. The van der Waals surface area contributed by atoms with Gasteiger partial charge in [0, 0.05) is 17.7 Å². The summed E-state index contributed by atoms with van der Waals surface area (Å²) in [6.07, 6.45) is 1.31. The van der Waals surface area contributed by atoms with Gasteiger partial charge in [-0.3, -0.25) is 4.79 Å². The molecule has 3 rings (SSSR count). The number of halogens is 2. The van der Waals surface area contributed by atoms with E-state index in [1.165, 1.54) is 12.1 Å². The van der Waals surface area contributed by atoms with E-state index in [0.29, 0.717) is 26.1 Å². The molecule has 0 aromatic heterocycles. The summed E-state index contributed by atoms with van der Waals surface area (Å²) < 4.78 is 20.3. The lowest BCUT2D eigenvalue weighted by Gasteiger charge is -2.38. The van der Waals surface area contributed by atoms with Crippen molar-refractivity contribution in [1.29, 1.82) is 0 Å². The van der Waals surface area contributed by atoms with Crippen LogP contribution < -0.4 is 5.32 Å². The number of ether oxygens (including phenoxy) is 1. The van der Waals surface area contributed by atoms with Crippen LogP contribution >= 0.6 is 15.9 Å². The van der Waals surface area contributed by atoms with E-state index in [-0.39, 0.29) is 5.56 Å². The first-order valence-corrected chi connectivity index (χ1v) is 8.31. The Kier molecular flexibility index (Phi) is 4.78. The van der Waals surface area contributed by atoms with Gasteiger partial charge in [0.15, 0.2) is 0 Å². The minimum absolute atomic E-state index is 0.0633. The molecule has 0 spiro atoms. The van der Waals surface area contributed by atoms with Crippen LogP contribution in [-0.2, 0) is 10.3 Å². The fourth-order valence-corrected chi connectivity index (χ4v) is 3.32. The zero-order chi connectivity index (χ0) is 16.3. The van der Waals surface area contributed by atoms with Crippen molar-refractivity contribution in [2.24, 2.45) is 0 Å². The Labute approximate surface area is 143 Å². The second-order valence-electron chi connectivity index (χ2n) is 5.64. The number of hydrogen-bond acceptors (Lipinski definition) is 2. The minimum atomic E-state index is -0.540. The van der Waals surface area contributed by atoms with Gasteiger partial charge in [-0.05, 0) is 42.7 Å². The molecule has 1 aliphatic heterocycles. The highest BCUT2D eigenvalue weighted by Crippen LogP contribution is 2.34. The summed E-state index contributed by atoms with van der Waals surface area (Å²) in [5.74, 6) is -0.911. The van der Waals surface area contributed by atoms with E-state index in [1.54, 1.807) is 12.1 Å². The standard InChI is InChI=1S/C18H17BrFNO2/c19-14-5-3-4-13(12-14)18(8-10-23-11-9-18)21-17(22)15-6-1-2-7-16(15)20/h1-7,12H,8-11H2,(H,21,22). The lowest BCUT2D eigenvalue weighted by molar-refractivity contribution is 0.0344. The molecule has 0 saturated carbocycles. The fourth-order valence-electron chi connectivity index (χ4n) is 2.92. The fraction of sp³-hybridized carbons (Fsp3) is 0.278. The van der Waals surface area contributed by atoms with Gasteiger partial charge in [0.25, 0.3) is 5.91 Å². The van der Waals surface area contributed by atoms with Crippen LogP contribution in [0.5, 0.6) is 0 Å². The SMILES string of the molecule is O=C(NC1(c2cccc(Br)c2)CCOCC1)c1ccccc1F. The zero-order valence-corrected chi connectivity index (χ0v) is 14.1. The van der Waals surface area contributed by atoms with Crippen molar-refractivity contribution in [3.05, 3.63) is 69.9 Å². The summed E-state index contributed by atoms with van der Waals surface area (Å²) in [6.45, 7) is 1.12. The number of amides is 1. The van der Waals surface area contributed by atoms with Crippen molar-refractivity contribution in [2.75, 3.05) is 13.2 Å². The maximum absolute atomic E-state index is 13.9. The second-order valence-corrected chi connectivity index (χ2v) is 6.55. The monoisotopic (exact) mass is 377 g/mol. The average molecular weight is 378 g/mol. The Bertz CT molecular complexity index is 714. The maximum atomic E-state index is 13.9. The third-order valence-electron chi connectivity index (χ3n) is 4.19. The molecule has 0 aliphatic carbocycles. The van der Waals surface area contributed by atoms with E-state index in [1.807, 2.05) is 24.3 Å². The predicted molar refractivity (Wildman–Crippen MR) is 89.7 cm³/mol. The summed E-state index contributed by atoms with van der Waals surface area (Å²) >= 11 is 3.47. The smallest absolute Gasteiger partial charge is 0.254 e. The van der Waals surface area contributed by atoms with E-state index < -0.39 is 17.3 Å². The van der Waals surface area contributed by atoms with E-state index in [2.05, 4.69) is 21.2 Å². The van der Waals surface area contributed by atoms with E-state index in [4.69, 9.17) is 4.74 Å². The molecule has 0 atom stereocenters. The molecule has 5 heteroatoms. The van der Waals surface area contributed by atoms with Gasteiger partial charge in [-0.25, -0.2) is 4.39 Å². The number of rotatable bonds is 3. The van der Waals surface area contributed by atoms with Crippen LogP contribution in [0.25, 0.3) is 0 Å². The van der Waals surface area contributed by atoms with Gasteiger partial charge in [-0.15, -0.1) is 0 Å². The lowest BCUT2D eigenvalue weighted by Crippen LogP contribution is -2.49. The maximum Gasteiger partial charge on any atom is 0.254 e. The van der Waals surface area contributed by atoms with Crippen molar-refractivity contribution in [3.8, 4) is 0 Å². The van der Waals surface area contributed by atoms with Crippen LogP contribution in [-0.4, -0.2) is 19.1 Å². The Balaban J connectivity index is 1.94. The van der Waals surface area contributed by atoms with Crippen molar-refractivity contribution in [1.82, 2.24) is 5.32 Å². The Morgan fingerprint density at radius 3 is 2.57 bits per heavy atom. The van der Waals surface area contributed by atoms with Gasteiger partial charge in [0.2, 0.25) is 0 Å². The molecule has 120 valence electrons.